The zero-order chi connectivity index (χ0) is 37.2. The molecule has 0 aromatic heterocycles. The third-order valence-electron chi connectivity index (χ3n) is 9.49. The molecule has 2 aliphatic carbocycles. The van der Waals surface area contributed by atoms with Crippen LogP contribution in [0.4, 0.5) is 0 Å². The molecule has 5 heteroatoms. The van der Waals surface area contributed by atoms with Crippen LogP contribution in [0.5, 0.6) is 0 Å². The molecule has 0 saturated carbocycles. The van der Waals surface area contributed by atoms with Gasteiger partial charge in [-0.3, -0.25) is 6.08 Å². The van der Waals surface area contributed by atoms with Crippen molar-refractivity contribution in [2.75, 3.05) is 0 Å². The quantitative estimate of drug-likeness (QED) is 0.163. The fourth-order valence-electron chi connectivity index (χ4n) is 6.63. The Morgan fingerprint density at radius 2 is 1.19 bits per heavy atom. The van der Waals surface area contributed by atoms with Crippen molar-refractivity contribution < 1.29 is 49.0 Å². The molecular formula is C47H54Cl4Zr-2. The fraction of sp³-hybridized carbons (Fsp3) is 0.383. The largest absolute Gasteiger partial charge is 1.00 e. The zero-order valence-electron chi connectivity index (χ0n) is 33.0. The number of aryl methyl sites for hydroxylation is 2. The van der Waals surface area contributed by atoms with Gasteiger partial charge in [0, 0.05) is 0 Å². The van der Waals surface area contributed by atoms with Gasteiger partial charge in [0.25, 0.3) is 0 Å². The molecule has 4 aromatic rings. The monoisotopic (exact) mass is 848 g/mol. The number of hydrogen-bond donors (Lipinski definition) is 0. The fourth-order valence-corrected chi connectivity index (χ4v) is 7.71. The van der Waals surface area contributed by atoms with Crippen LogP contribution in [0.25, 0.3) is 11.1 Å². The van der Waals surface area contributed by atoms with Crippen molar-refractivity contribution in [2.45, 2.75) is 107 Å². The Balaban J connectivity index is 0.000000283. The predicted octanol–water partition coefficient (Wildman–Crippen LogP) is 7.74. The van der Waals surface area contributed by atoms with E-state index in [2.05, 4.69) is 126 Å². The molecule has 6 rings (SSSR count). The Morgan fingerprint density at radius 3 is 1.60 bits per heavy atom. The van der Waals surface area contributed by atoms with Gasteiger partial charge in [0.15, 0.2) is 0 Å². The van der Waals surface area contributed by atoms with Gasteiger partial charge in [-0.1, -0.05) is 117 Å². The van der Waals surface area contributed by atoms with E-state index in [4.69, 9.17) is 23.2 Å². The van der Waals surface area contributed by atoms with E-state index >= 15 is 0 Å². The van der Waals surface area contributed by atoms with Gasteiger partial charge in [0.05, 0.1) is 0 Å². The molecule has 0 saturated heterocycles. The second-order valence-electron chi connectivity index (χ2n) is 16.8. The van der Waals surface area contributed by atoms with Gasteiger partial charge in [-0.05, 0) is 35.4 Å². The third-order valence-corrected chi connectivity index (χ3v) is 11.4. The molecule has 0 nitrogen and oxygen atoms in total. The summed E-state index contributed by atoms with van der Waals surface area (Å²) in [6, 6.07) is 26.8. The number of hydrogen-bond acceptors (Lipinski definition) is 0. The molecule has 0 N–H and O–H groups in total. The van der Waals surface area contributed by atoms with Crippen molar-refractivity contribution in [1.29, 1.82) is 0 Å². The van der Waals surface area contributed by atoms with Crippen LogP contribution >= 0.6 is 23.2 Å². The van der Waals surface area contributed by atoms with Crippen LogP contribution in [0.3, 0.4) is 0 Å². The summed E-state index contributed by atoms with van der Waals surface area (Å²) in [4.78, 5) is 0. The minimum absolute atomic E-state index is 0. The van der Waals surface area contributed by atoms with Crippen LogP contribution in [0, 0.1) is 37.3 Å². The first-order valence-electron chi connectivity index (χ1n) is 17.8. The van der Waals surface area contributed by atoms with E-state index in [0.717, 1.165) is 16.5 Å². The average molecular weight is 852 g/mol. The molecule has 0 fully saturated rings. The second kappa shape index (κ2) is 18.7. The van der Waals surface area contributed by atoms with Crippen LogP contribution in [0.2, 0.25) is 10.0 Å². The Morgan fingerprint density at radius 1 is 0.712 bits per heavy atom. The molecule has 52 heavy (non-hydrogen) atoms. The van der Waals surface area contributed by atoms with Crippen molar-refractivity contribution >= 4 is 26.4 Å². The van der Waals surface area contributed by atoms with Crippen molar-refractivity contribution in [3.63, 3.8) is 0 Å². The first kappa shape index (κ1) is 46.4. The molecule has 276 valence electrons. The normalized spacial score (nSPS) is 14.4. The van der Waals surface area contributed by atoms with Gasteiger partial charge in [-0.2, -0.15) is 29.3 Å². The van der Waals surface area contributed by atoms with Crippen molar-refractivity contribution in [2.24, 2.45) is 11.3 Å². The Bertz CT molecular complexity index is 1780. The molecule has 2 aliphatic rings. The standard InChI is InChI=1S/C23H29.C13H8Cl2.C11H17.2ClH.Zr/c1-14-9-16-11-17-10-15(2)21(23(6,7)8)13-19(17)18(16)12-20(14)22(3,4)5;14-12-5-1-10(2-6-12)9-11-3-7-13(15)8-4-11;1-5-9-6-7-10(8-9)11(2,3)4;;;/h9,12-13H,11H2,1-8H3;1-8H;7-9H,5H2,1-4H3;2*1H;/q-1;;-1;;;+2/p-2. The summed E-state index contributed by atoms with van der Waals surface area (Å²) in [6.07, 6.45) is 10.0. The van der Waals surface area contributed by atoms with E-state index in [0.29, 0.717) is 11.3 Å². The van der Waals surface area contributed by atoms with Gasteiger partial charge < -0.3 is 24.8 Å². The molecule has 0 spiro atoms. The maximum atomic E-state index is 5.86. The summed E-state index contributed by atoms with van der Waals surface area (Å²) in [6.45, 7) is 27.2. The number of fused-ring (bicyclic) bond motifs is 3. The van der Waals surface area contributed by atoms with E-state index in [1.807, 2.05) is 48.5 Å². The Hall–Kier alpha value is -1.73. The minimum Gasteiger partial charge on any atom is -1.00 e. The van der Waals surface area contributed by atoms with Crippen LogP contribution in [-0.2, 0) is 41.5 Å². The predicted molar refractivity (Wildman–Crippen MR) is 216 cm³/mol. The molecule has 0 amide bonds. The molecule has 0 aliphatic heterocycles. The smallest absolute Gasteiger partial charge is 1.00 e. The van der Waals surface area contributed by atoms with Crippen molar-refractivity contribution in [1.82, 2.24) is 0 Å². The van der Waals surface area contributed by atoms with Gasteiger partial charge in [0.1, 0.15) is 0 Å². The molecule has 0 radical (unpaired) electrons. The van der Waals surface area contributed by atoms with E-state index in [1.165, 1.54) is 95.1 Å². The van der Waals surface area contributed by atoms with Gasteiger partial charge in [-0.15, -0.1) is 16.7 Å². The summed E-state index contributed by atoms with van der Waals surface area (Å²) < 4.78 is 1.31. The molecule has 4 aromatic carbocycles. The SMILES string of the molecule is CCC1[C-]=CC(C(C)(C)C)=C1.Cc1[c-]c2c(cc1C(C)(C)C)-c1cc(C(C)(C)C)c(C)cc1C2.Clc1ccc([C](=[Zr+2])c2ccc(Cl)cc2)cc1.[Cl-].[Cl-]. The number of allylic oxidation sites excluding steroid dienone is 4. The molecular weight excluding hydrogens is 798 g/mol. The average Bonchev–Trinajstić information content (AvgIpc) is 3.65. The van der Waals surface area contributed by atoms with E-state index in [1.54, 1.807) is 0 Å². The minimum atomic E-state index is 0. The molecule has 0 bridgehead atoms. The number of rotatable bonds is 3. The van der Waals surface area contributed by atoms with E-state index in [9.17, 15) is 0 Å². The van der Waals surface area contributed by atoms with Gasteiger partial charge in [-0.25, -0.2) is 6.08 Å². The molecule has 1 unspecified atom stereocenters. The third kappa shape index (κ3) is 11.9. The van der Waals surface area contributed by atoms with Crippen LogP contribution in [0.1, 0.15) is 120 Å². The summed E-state index contributed by atoms with van der Waals surface area (Å²) in [5, 5.41) is 1.53. The molecule has 0 heterocycles. The maximum absolute atomic E-state index is 5.86. The van der Waals surface area contributed by atoms with E-state index < -0.39 is 0 Å². The van der Waals surface area contributed by atoms with Gasteiger partial charge >= 0.3 is 120 Å². The number of halogens is 4. The molecule has 1 atom stereocenters. The van der Waals surface area contributed by atoms with Gasteiger partial charge in [0.2, 0.25) is 0 Å². The Labute approximate surface area is 353 Å². The topological polar surface area (TPSA) is 0 Å². The zero-order valence-corrected chi connectivity index (χ0v) is 38.5. The Kier molecular flexibility index (Phi) is 16.7. The van der Waals surface area contributed by atoms with Crippen LogP contribution in [-0.4, -0.2) is 3.21 Å². The summed E-state index contributed by atoms with van der Waals surface area (Å²) in [5.74, 6) is 0.573. The summed E-state index contributed by atoms with van der Waals surface area (Å²) >= 11 is 13.1. The summed E-state index contributed by atoms with van der Waals surface area (Å²) in [7, 11) is 0. The second-order valence-corrected chi connectivity index (χ2v) is 18.9. The summed E-state index contributed by atoms with van der Waals surface area (Å²) in [5.41, 5.74) is 15.8. The van der Waals surface area contributed by atoms with E-state index in [-0.39, 0.29) is 35.6 Å². The number of benzene rings is 4. The van der Waals surface area contributed by atoms with Crippen molar-refractivity contribution in [3.8, 4) is 11.1 Å². The first-order chi connectivity index (χ1) is 23.2. The first-order valence-corrected chi connectivity index (χ1v) is 19.8. The van der Waals surface area contributed by atoms with Crippen LogP contribution < -0.4 is 24.8 Å². The van der Waals surface area contributed by atoms with Crippen molar-refractivity contribution in [3.05, 3.63) is 151 Å². The van der Waals surface area contributed by atoms with Crippen LogP contribution in [0.15, 0.2) is 84.5 Å². The maximum Gasteiger partial charge on any atom is -1.00 e.